The highest BCUT2D eigenvalue weighted by atomic mass is 35.5. The molecule has 0 spiro atoms. The number of aliphatic carboxylic acids is 1. The lowest BCUT2D eigenvalue weighted by molar-refractivity contribution is -0.338. The van der Waals surface area contributed by atoms with Crippen molar-refractivity contribution in [2.75, 3.05) is 5.32 Å². The molecule has 0 saturated carbocycles. The number of rotatable bonds is 6. The Kier molecular flexibility index (Phi) is 6.98. The van der Waals surface area contributed by atoms with Gasteiger partial charge in [-0.25, -0.2) is 5.32 Å². The molecule has 0 amide bonds. The third-order valence-corrected chi connectivity index (χ3v) is 5.95. The molecule has 4 rings (SSSR count). The number of ether oxygens (including phenoxy) is 1. The summed E-state index contributed by atoms with van der Waals surface area (Å²) in [5, 5.41) is 12.8. The lowest BCUT2D eigenvalue weighted by Gasteiger charge is -2.16. The number of alkyl halides is 3. The van der Waals surface area contributed by atoms with Crippen molar-refractivity contribution in [3.05, 3.63) is 82.7 Å². The molecule has 0 bridgehead atoms. The molecule has 1 aliphatic carbocycles. The van der Waals surface area contributed by atoms with Gasteiger partial charge in [0.2, 0.25) is 0 Å². The summed E-state index contributed by atoms with van der Waals surface area (Å²) in [7, 11) is 0. The van der Waals surface area contributed by atoms with Crippen molar-refractivity contribution in [2.45, 2.75) is 32.5 Å². The topological polar surface area (TPSA) is 73.9 Å². The number of aliphatic imine (C=N–C) groups is 1. The first-order valence-corrected chi connectivity index (χ1v) is 11.2. The minimum absolute atomic E-state index is 0.0363. The number of guanidine groups is 1. The second kappa shape index (κ2) is 9.95. The van der Waals surface area contributed by atoms with Crippen LogP contribution in [-0.4, -0.2) is 33.7 Å². The number of carboxylic acids is 1. The summed E-state index contributed by atoms with van der Waals surface area (Å²) in [6.07, 6.45) is 0.418. The zero-order chi connectivity index (χ0) is 25.2. The van der Waals surface area contributed by atoms with Crippen LogP contribution in [0.15, 0.2) is 77.1 Å². The van der Waals surface area contributed by atoms with E-state index < -0.39 is 12.3 Å². The fraction of sp³-hybridized carbons (Fsp3) is 0.240. The number of hydrogen-bond acceptors (Lipinski definition) is 4. The number of allylic oxidation sites excluding steroid dienone is 2. The number of fused-ring (bicyclic) bond motifs is 1. The summed E-state index contributed by atoms with van der Waals surface area (Å²) < 4.78 is 43.3. The largest absolute Gasteiger partial charge is 0.573 e. The lowest BCUT2D eigenvalue weighted by atomic mass is 9.93. The highest BCUT2D eigenvalue weighted by Gasteiger charge is 2.36. The minimum atomic E-state index is -4.77. The summed E-state index contributed by atoms with van der Waals surface area (Å²) in [4.78, 5) is 15.7. The van der Waals surface area contributed by atoms with Crippen LogP contribution in [0.25, 0.3) is 0 Å². The number of carbonyl (C=O) groups is 1. The van der Waals surface area contributed by atoms with Crippen molar-refractivity contribution < 1.29 is 32.4 Å². The number of halogens is 4. The van der Waals surface area contributed by atoms with E-state index in [1.807, 2.05) is 41.9 Å². The summed E-state index contributed by atoms with van der Waals surface area (Å²) >= 11 is 6.44. The zero-order valence-electron chi connectivity index (χ0n) is 18.6. The van der Waals surface area contributed by atoms with Gasteiger partial charge in [0.25, 0.3) is 0 Å². The molecule has 1 aliphatic heterocycles. The summed E-state index contributed by atoms with van der Waals surface area (Å²) in [6.45, 7) is 1.90. The van der Waals surface area contributed by atoms with E-state index in [2.05, 4.69) is 10.1 Å². The van der Waals surface area contributed by atoms with Crippen LogP contribution in [0.5, 0.6) is 5.75 Å². The Morgan fingerprint density at radius 3 is 2.60 bits per heavy atom. The van der Waals surface area contributed by atoms with Crippen molar-refractivity contribution in [3.8, 4) is 5.75 Å². The Hall–Kier alpha value is -3.59. The fourth-order valence-corrected chi connectivity index (χ4v) is 4.27. The summed E-state index contributed by atoms with van der Waals surface area (Å²) in [5.74, 6) is -0.692. The molecule has 2 N–H and O–H groups in total. The van der Waals surface area contributed by atoms with E-state index in [0.717, 1.165) is 17.0 Å². The van der Waals surface area contributed by atoms with E-state index in [1.54, 1.807) is 6.07 Å². The number of nitrogens with zero attached hydrogens (tertiary/aromatic N) is 2. The van der Waals surface area contributed by atoms with Crippen LogP contribution >= 0.6 is 11.6 Å². The first-order valence-electron chi connectivity index (χ1n) is 10.8. The number of benzene rings is 2. The third kappa shape index (κ3) is 5.92. The van der Waals surface area contributed by atoms with E-state index in [4.69, 9.17) is 21.7 Å². The number of nitrogens with one attached hydrogen (secondary N) is 1. The average Bonchev–Trinajstić information content (AvgIpc) is 3.15. The van der Waals surface area contributed by atoms with Gasteiger partial charge < -0.3 is 9.84 Å². The molecule has 2 aliphatic rings. The molecular weight excluding hydrogens is 483 g/mol. The maximum atomic E-state index is 12.5. The molecule has 0 saturated heterocycles. The molecule has 2 aromatic carbocycles. The molecule has 2 aromatic rings. The minimum Gasteiger partial charge on any atom is -0.481 e. The van der Waals surface area contributed by atoms with Crippen LogP contribution in [0.4, 0.5) is 18.9 Å². The van der Waals surface area contributed by atoms with Crippen LogP contribution in [0, 0.1) is 5.92 Å². The first kappa shape index (κ1) is 24.5. The van der Waals surface area contributed by atoms with Gasteiger partial charge in [-0.05, 0) is 68.2 Å². The standard InChI is InChI=1S/C25H21ClF3N3O3/c1-15(19-4-2-3-5-20(19)26)32-22-12-6-16(7-13-23(33)34)14-21(22)31-24(32)30-17-8-10-18(11-9-17)35-25(27,28)29/h2-5,8-12,14,16H,6-7,13H2,1H3,(H-,30,31,33,34)/p+1/b32-15-. The van der Waals surface area contributed by atoms with Crippen LogP contribution < -0.4 is 10.1 Å². The van der Waals surface area contributed by atoms with Gasteiger partial charge in [-0.15, -0.1) is 13.2 Å². The molecule has 0 radical (unpaired) electrons. The van der Waals surface area contributed by atoms with Gasteiger partial charge in [-0.2, -0.15) is 4.58 Å². The molecule has 0 aromatic heterocycles. The third-order valence-electron chi connectivity index (χ3n) is 5.62. The Balaban J connectivity index is 1.69. The molecule has 6 nitrogen and oxygen atoms in total. The number of hydrogen-bond donors (Lipinski definition) is 2. The van der Waals surface area contributed by atoms with E-state index in [9.17, 15) is 18.0 Å². The molecule has 1 heterocycles. The van der Waals surface area contributed by atoms with Crippen LogP contribution in [-0.2, 0) is 4.79 Å². The monoisotopic (exact) mass is 504 g/mol. The highest BCUT2D eigenvalue weighted by Crippen LogP contribution is 2.33. The molecule has 1 unspecified atom stereocenters. The van der Waals surface area contributed by atoms with Gasteiger partial charge in [0.05, 0.1) is 16.4 Å². The van der Waals surface area contributed by atoms with E-state index in [0.29, 0.717) is 35.2 Å². The first-order chi connectivity index (χ1) is 16.6. The Labute approximate surface area is 204 Å². The van der Waals surface area contributed by atoms with Gasteiger partial charge in [0.1, 0.15) is 11.4 Å². The number of anilines is 1. The van der Waals surface area contributed by atoms with Crippen LogP contribution in [0.1, 0.15) is 31.7 Å². The van der Waals surface area contributed by atoms with E-state index >= 15 is 0 Å². The summed E-state index contributed by atoms with van der Waals surface area (Å²) in [5.41, 5.74) is 3.63. The quantitative estimate of drug-likeness (QED) is 0.460. The molecule has 182 valence electrons. The number of carboxylic acid groups (broad SMARTS) is 1. The lowest BCUT2D eigenvalue weighted by Crippen LogP contribution is -2.29. The summed E-state index contributed by atoms with van der Waals surface area (Å²) in [6, 6.07) is 12.7. The molecular formula is C25H22ClF3N3O3+. The predicted octanol–water partition coefficient (Wildman–Crippen LogP) is 6.19. The Bertz CT molecular complexity index is 1260. The fourth-order valence-electron chi connectivity index (χ4n) is 4.00. The Morgan fingerprint density at radius 1 is 1.23 bits per heavy atom. The predicted molar refractivity (Wildman–Crippen MR) is 127 cm³/mol. The van der Waals surface area contributed by atoms with Crippen molar-refractivity contribution in [2.24, 2.45) is 10.9 Å². The van der Waals surface area contributed by atoms with Gasteiger partial charge in [-0.1, -0.05) is 34.8 Å². The van der Waals surface area contributed by atoms with E-state index in [1.165, 1.54) is 24.3 Å². The second-order valence-electron chi connectivity index (χ2n) is 8.10. The van der Waals surface area contributed by atoms with Gasteiger partial charge >= 0.3 is 18.3 Å². The maximum absolute atomic E-state index is 12.5. The van der Waals surface area contributed by atoms with Crippen LogP contribution in [0.2, 0.25) is 5.02 Å². The average molecular weight is 505 g/mol. The van der Waals surface area contributed by atoms with Crippen molar-refractivity contribution in [1.29, 1.82) is 0 Å². The maximum Gasteiger partial charge on any atom is 0.573 e. The van der Waals surface area contributed by atoms with Crippen molar-refractivity contribution in [1.82, 2.24) is 0 Å². The van der Waals surface area contributed by atoms with Crippen molar-refractivity contribution >= 4 is 34.9 Å². The SMILES string of the molecule is C/C(c1ccccc1Cl)=[N+]1\C2=CCC(CCC(=O)O)C=C2N=C1Nc1ccc(OC(F)(F)F)cc1. The highest BCUT2D eigenvalue weighted by molar-refractivity contribution is 6.34. The van der Waals surface area contributed by atoms with Crippen LogP contribution in [0.3, 0.4) is 0 Å². The van der Waals surface area contributed by atoms with Crippen molar-refractivity contribution in [3.63, 3.8) is 0 Å². The van der Waals surface area contributed by atoms with Gasteiger partial charge in [0, 0.05) is 12.0 Å². The normalized spacial score (nSPS) is 18.8. The molecule has 1 atom stereocenters. The molecule has 35 heavy (non-hydrogen) atoms. The smallest absolute Gasteiger partial charge is 0.481 e. The van der Waals surface area contributed by atoms with E-state index in [-0.39, 0.29) is 18.1 Å². The second-order valence-corrected chi connectivity index (χ2v) is 8.51. The molecule has 10 heteroatoms. The Morgan fingerprint density at radius 2 is 1.94 bits per heavy atom. The molecule has 0 fully saturated rings. The van der Waals surface area contributed by atoms with Gasteiger partial charge in [0.15, 0.2) is 5.70 Å². The zero-order valence-corrected chi connectivity index (χ0v) is 19.4. The van der Waals surface area contributed by atoms with Gasteiger partial charge in [-0.3, -0.25) is 4.79 Å².